The zero-order valence-electron chi connectivity index (χ0n) is 16.9. The zero-order valence-corrected chi connectivity index (χ0v) is 17.6. The Morgan fingerprint density at radius 3 is 2.37 bits per heavy atom. The minimum absolute atomic E-state index is 0.0973. The zero-order chi connectivity index (χ0) is 22.1. The van der Waals surface area contributed by atoms with E-state index in [-0.39, 0.29) is 13.0 Å². The highest BCUT2D eigenvalue weighted by atomic mass is 35.5. The van der Waals surface area contributed by atoms with Crippen LogP contribution in [0.15, 0.2) is 42.5 Å². The maximum Gasteiger partial charge on any atom is 0.307 e. The van der Waals surface area contributed by atoms with Crippen LogP contribution in [0.25, 0.3) is 0 Å². The molecule has 2 aromatic carbocycles. The number of carbonyl (C=O) groups excluding carboxylic acids is 3. The van der Waals surface area contributed by atoms with Crippen molar-refractivity contribution in [2.45, 2.75) is 12.5 Å². The molecule has 30 heavy (non-hydrogen) atoms. The molecule has 0 aliphatic heterocycles. The standard InChI is InChI=1S/C21H23ClN2O6/c1-28-17-8-7-13(10-18(17)29-2)16(11-20(26)30-3)24-19(25)12-23-21(27)14-5-4-6-15(22)9-14/h4-10,16H,11-12H2,1-3H3,(H,23,27)(H,24,25). The van der Waals surface area contributed by atoms with Gasteiger partial charge in [-0.2, -0.15) is 0 Å². The fourth-order valence-electron chi connectivity index (χ4n) is 2.71. The third-order valence-corrected chi connectivity index (χ3v) is 4.48. The lowest BCUT2D eigenvalue weighted by Gasteiger charge is -2.20. The van der Waals surface area contributed by atoms with Crippen LogP contribution in [-0.2, 0) is 14.3 Å². The molecule has 1 atom stereocenters. The molecule has 0 fully saturated rings. The van der Waals surface area contributed by atoms with Crippen molar-refractivity contribution in [2.75, 3.05) is 27.9 Å². The molecule has 2 aromatic rings. The van der Waals surface area contributed by atoms with Gasteiger partial charge in [-0.25, -0.2) is 0 Å². The SMILES string of the molecule is COC(=O)CC(NC(=O)CNC(=O)c1cccc(Cl)c1)c1ccc(OC)c(OC)c1. The van der Waals surface area contributed by atoms with Crippen molar-refractivity contribution in [2.24, 2.45) is 0 Å². The Bertz CT molecular complexity index is 918. The van der Waals surface area contributed by atoms with Gasteiger partial charge in [0.1, 0.15) is 0 Å². The van der Waals surface area contributed by atoms with Crippen molar-refractivity contribution in [1.29, 1.82) is 0 Å². The average Bonchev–Trinajstić information content (AvgIpc) is 2.76. The van der Waals surface area contributed by atoms with Crippen molar-refractivity contribution in [3.8, 4) is 11.5 Å². The van der Waals surface area contributed by atoms with E-state index < -0.39 is 23.8 Å². The summed E-state index contributed by atoms with van der Waals surface area (Å²) in [5.74, 6) is -0.457. The third-order valence-electron chi connectivity index (χ3n) is 4.24. The highest BCUT2D eigenvalue weighted by Crippen LogP contribution is 2.31. The summed E-state index contributed by atoms with van der Waals surface area (Å²) in [6, 6.07) is 10.7. The van der Waals surface area contributed by atoms with Crippen LogP contribution in [0, 0.1) is 0 Å². The van der Waals surface area contributed by atoms with Crippen molar-refractivity contribution in [1.82, 2.24) is 10.6 Å². The number of amides is 2. The summed E-state index contributed by atoms with van der Waals surface area (Å²) < 4.78 is 15.2. The van der Waals surface area contributed by atoms with Gasteiger partial charge >= 0.3 is 5.97 Å². The molecule has 160 valence electrons. The summed E-state index contributed by atoms with van der Waals surface area (Å²) in [4.78, 5) is 36.4. The van der Waals surface area contributed by atoms with E-state index in [2.05, 4.69) is 10.6 Å². The monoisotopic (exact) mass is 434 g/mol. The van der Waals surface area contributed by atoms with E-state index in [4.69, 9.17) is 25.8 Å². The quantitative estimate of drug-likeness (QED) is 0.588. The maximum absolute atomic E-state index is 12.4. The first-order chi connectivity index (χ1) is 14.4. The number of carbonyl (C=O) groups is 3. The van der Waals surface area contributed by atoms with E-state index >= 15 is 0 Å². The topological polar surface area (TPSA) is 103 Å². The molecule has 9 heteroatoms. The Morgan fingerprint density at radius 1 is 1.00 bits per heavy atom. The number of benzene rings is 2. The fraction of sp³-hybridized carbons (Fsp3) is 0.286. The normalized spacial score (nSPS) is 11.2. The second-order valence-corrected chi connectivity index (χ2v) is 6.64. The first-order valence-electron chi connectivity index (χ1n) is 8.99. The van der Waals surface area contributed by atoms with Crippen LogP contribution in [0.3, 0.4) is 0 Å². The molecule has 0 aliphatic carbocycles. The fourth-order valence-corrected chi connectivity index (χ4v) is 2.90. The van der Waals surface area contributed by atoms with Gasteiger partial charge in [0, 0.05) is 10.6 Å². The lowest BCUT2D eigenvalue weighted by atomic mass is 10.0. The van der Waals surface area contributed by atoms with Gasteiger partial charge in [-0.3, -0.25) is 14.4 Å². The van der Waals surface area contributed by atoms with Crippen molar-refractivity contribution < 1.29 is 28.6 Å². The molecule has 0 bridgehead atoms. The number of ether oxygens (including phenoxy) is 3. The minimum atomic E-state index is -0.687. The predicted octanol–water partition coefficient (Wildman–Crippen LogP) is 2.51. The molecule has 0 radical (unpaired) electrons. The van der Waals surface area contributed by atoms with Gasteiger partial charge in [0.2, 0.25) is 5.91 Å². The summed E-state index contributed by atoms with van der Waals surface area (Å²) in [7, 11) is 4.26. The Morgan fingerprint density at radius 2 is 1.73 bits per heavy atom. The summed E-state index contributed by atoms with van der Waals surface area (Å²) in [5, 5.41) is 5.66. The number of nitrogens with one attached hydrogen (secondary N) is 2. The maximum atomic E-state index is 12.4. The molecule has 0 aliphatic rings. The molecule has 2 rings (SSSR count). The molecule has 1 unspecified atom stereocenters. The summed E-state index contributed by atoms with van der Waals surface area (Å²) in [5.41, 5.74) is 0.953. The number of methoxy groups -OCH3 is 3. The second kappa shape index (κ2) is 11.1. The molecule has 0 heterocycles. The van der Waals surface area contributed by atoms with Gasteiger partial charge in [0.15, 0.2) is 11.5 Å². The molecule has 0 saturated heterocycles. The smallest absolute Gasteiger partial charge is 0.307 e. The van der Waals surface area contributed by atoms with E-state index in [1.165, 1.54) is 27.4 Å². The van der Waals surface area contributed by atoms with Gasteiger partial charge in [-0.05, 0) is 35.9 Å². The minimum Gasteiger partial charge on any atom is -0.493 e. The molecular weight excluding hydrogens is 412 g/mol. The first-order valence-corrected chi connectivity index (χ1v) is 9.37. The largest absolute Gasteiger partial charge is 0.493 e. The van der Waals surface area contributed by atoms with E-state index in [0.29, 0.717) is 27.6 Å². The number of esters is 1. The van der Waals surface area contributed by atoms with Gasteiger partial charge in [-0.1, -0.05) is 23.7 Å². The molecule has 0 saturated carbocycles. The van der Waals surface area contributed by atoms with Gasteiger partial charge in [-0.15, -0.1) is 0 Å². The molecule has 2 amide bonds. The average molecular weight is 435 g/mol. The molecule has 0 aromatic heterocycles. The molecule has 0 spiro atoms. The van der Waals surface area contributed by atoms with Gasteiger partial charge in [0.25, 0.3) is 5.91 Å². The van der Waals surface area contributed by atoms with Crippen LogP contribution in [0.2, 0.25) is 5.02 Å². The number of hydrogen-bond acceptors (Lipinski definition) is 6. The van der Waals surface area contributed by atoms with Crippen molar-refractivity contribution in [3.05, 3.63) is 58.6 Å². The van der Waals surface area contributed by atoms with Crippen LogP contribution >= 0.6 is 11.6 Å². The second-order valence-electron chi connectivity index (χ2n) is 6.21. The Kier molecular flexibility index (Phi) is 8.49. The molecule has 2 N–H and O–H groups in total. The highest BCUT2D eigenvalue weighted by molar-refractivity contribution is 6.30. The Labute approximate surface area is 179 Å². The van der Waals surface area contributed by atoms with E-state index in [1.807, 2.05) is 0 Å². The Balaban J connectivity index is 2.09. The Hall–Kier alpha value is -3.26. The lowest BCUT2D eigenvalue weighted by molar-refractivity contribution is -0.141. The first kappa shape index (κ1) is 23.0. The van der Waals surface area contributed by atoms with Crippen molar-refractivity contribution >= 4 is 29.4 Å². The predicted molar refractivity (Wildman–Crippen MR) is 111 cm³/mol. The number of hydrogen-bond donors (Lipinski definition) is 2. The van der Waals surface area contributed by atoms with Gasteiger partial charge < -0.3 is 24.8 Å². The third kappa shape index (κ3) is 6.38. The van der Waals surface area contributed by atoms with Crippen LogP contribution in [0.5, 0.6) is 11.5 Å². The highest BCUT2D eigenvalue weighted by Gasteiger charge is 2.21. The number of halogens is 1. The van der Waals surface area contributed by atoms with Crippen LogP contribution in [0.1, 0.15) is 28.4 Å². The van der Waals surface area contributed by atoms with E-state index in [9.17, 15) is 14.4 Å². The van der Waals surface area contributed by atoms with Crippen LogP contribution in [0.4, 0.5) is 0 Å². The van der Waals surface area contributed by atoms with E-state index in [1.54, 1.807) is 36.4 Å². The molecular formula is C21H23ClN2O6. The molecule has 8 nitrogen and oxygen atoms in total. The lowest BCUT2D eigenvalue weighted by Crippen LogP contribution is -2.39. The summed E-state index contributed by atoms with van der Waals surface area (Å²) in [6.45, 7) is -0.281. The van der Waals surface area contributed by atoms with Crippen LogP contribution in [-0.4, -0.2) is 45.7 Å². The van der Waals surface area contributed by atoms with Crippen LogP contribution < -0.4 is 20.1 Å². The summed E-state index contributed by atoms with van der Waals surface area (Å²) in [6.07, 6.45) is -0.0973. The van der Waals surface area contributed by atoms with Crippen molar-refractivity contribution in [3.63, 3.8) is 0 Å². The summed E-state index contributed by atoms with van der Waals surface area (Å²) >= 11 is 5.87. The number of rotatable bonds is 9. The van der Waals surface area contributed by atoms with Gasteiger partial charge in [0.05, 0.1) is 40.3 Å². The van der Waals surface area contributed by atoms with E-state index in [0.717, 1.165) is 0 Å².